The third-order valence-electron chi connectivity index (χ3n) is 2.66. The molecular weight excluding hydrogens is 292 g/mol. The van der Waals surface area contributed by atoms with Crippen LogP contribution in [0.25, 0.3) is 0 Å². The number of hydrogen-bond donors (Lipinski definition) is 1. The Hall–Kier alpha value is -1.47. The largest absolute Gasteiger partial charge is 0.416 e. The van der Waals surface area contributed by atoms with Crippen LogP contribution < -0.4 is 5.32 Å². The summed E-state index contributed by atoms with van der Waals surface area (Å²) in [4.78, 5) is 4.09. The smallest absolute Gasteiger partial charge is 0.312 e. The molecule has 0 radical (unpaired) electrons. The number of hydrogen-bond acceptors (Lipinski definition) is 3. The molecule has 20 heavy (non-hydrogen) atoms. The summed E-state index contributed by atoms with van der Waals surface area (Å²) in [5.74, 6) is -0.879. The fourth-order valence-corrected chi connectivity index (χ4v) is 2.32. The Morgan fingerprint density at radius 1 is 1.20 bits per heavy atom. The van der Waals surface area contributed by atoms with E-state index in [0.717, 1.165) is 17.8 Å². The average Bonchev–Trinajstić information content (AvgIpc) is 2.86. The van der Waals surface area contributed by atoms with Gasteiger partial charge in [0.1, 0.15) is 5.82 Å². The molecule has 0 atom stereocenters. The van der Waals surface area contributed by atoms with Crippen LogP contribution in [-0.2, 0) is 19.1 Å². The molecule has 2 aromatic rings. The summed E-state index contributed by atoms with van der Waals surface area (Å²) in [5, 5.41) is 4.88. The molecule has 1 heterocycles. The molecule has 0 aliphatic heterocycles. The Morgan fingerprint density at radius 2 is 2.00 bits per heavy atom. The second kappa shape index (κ2) is 6.32. The molecule has 2 nitrogen and oxygen atoms in total. The van der Waals surface area contributed by atoms with E-state index in [1.807, 2.05) is 5.38 Å². The highest BCUT2D eigenvalue weighted by Gasteiger charge is 2.31. The fraction of sp³-hybridized carbons (Fsp3) is 0.308. The summed E-state index contributed by atoms with van der Waals surface area (Å²) < 4.78 is 50.7. The van der Waals surface area contributed by atoms with E-state index in [4.69, 9.17) is 0 Å². The molecule has 7 heteroatoms. The molecule has 0 saturated heterocycles. The van der Waals surface area contributed by atoms with E-state index < -0.39 is 17.6 Å². The van der Waals surface area contributed by atoms with E-state index in [1.54, 1.807) is 5.51 Å². The van der Waals surface area contributed by atoms with Crippen molar-refractivity contribution in [1.82, 2.24) is 10.3 Å². The first-order valence-corrected chi connectivity index (χ1v) is 6.84. The van der Waals surface area contributed by atoms with Gasteiger partial charge in [0.2, 0.25) is 0 Å². The molecule has 1 N–H and O–H groups in total. The van der Waals surface area contributed by atoms with Gasteiger partial charge in [-0.1, -0.05) is 0 Å². The summed E-state index contributed by atoms with van der Waals surface area (Å²) in [6.07, 6.45) is -3.84. The van der Waals surface area contributed by atoms with Gasteiger partial charge in [0.25, 0.3) is 0 Å². The normalized spacial score (nSPS) is 11.8. The van der Waals surface area contributed by atoms with Gasteiger partial charge in [-0.3, -0.25) is 0 Å². The molecule has 1 aromatic carbocycles. The molecule has 0 unspecified atom stereocenters. The molecule has 0 aliphatic rings. The van der Waals surface area contributed by atoms with Crippen LogP contribution in [-0.4, -0.2) is 11.5 Å². The van der Waals surface area contributed by atoms with Gasteiger partial charge in [0, 0.05) is 24.9 Å². The summed E-state index contributed by atoms with van der Waals surface area (Å²) in [7, 11) is 0. The quantitative estimate of drug-likeness (QED) is 0.674. The van der Waals surface area contributed by atoms with E-state index in [1.165, 1.54) is 11.3 Å². The molecule has 0 aliphatic carbocycles. The lowest BCUT2D eigenvalue weighted by Gasteiger charge is -2.10. The predicted octanol–water partition coefficient (Wildman–Crippen LogP) is 3.63. The second-order valence-corrected chi connectivity index (χ2v) is 4.97. The maximum absolute atomic E-state index is 13.2. The van der Waals surface area contributed by atoms with Gasteiger partial charge in [-0.15, -0.1) is 11.3 Å². The van der Waals surface area contributed by atoms with E-state index in [9.17, 15) is 17.6 Å². The third-order valence-corrected chi connectivity index (χ3v) is 3.29. The van der Waals surface area contributed by atoms with Crippen LogP contribution in [0.4, 0.5) is 17.6 Å². The minimum atomic E-state index is -4.53. The third kappa shape index (κ3) is 4.28. The van der Waals surface area contributed by atoms with Crippen molar-refractivity contribution in [2.45, 2.75) is 19.1 Å². The number of aromatic nitrogens is 1. The van der Waals surface area contributed by atoms with Crippen molar-refractivity contribution >= 4 is 11.3 Å². The molecule has 0 spiro atoms. The van der Waals surface area contributed by atoms with Gasteiger partial charge in [0.15, 0.2) is 0 Å². The van der Waals surface area contributed by atoms with Crippen LogP contribution in [0.3, 0.4) is 0 Å². The van der Waals surface area contributed by atoms with Crippen LogP contribution >= 0.6 is 11.3 Å². The molecule has 0 amide bonds. The standard InChI is InChI=1S/C13H12F4N2S/c14-11-4-9(3-10(5-11)13(15,16)17)6-18-2-1-12-7-20-8-19-12/h3-5,7-8,18H,1-2,6H2. The minimum absolute atomic E-state index is 0.185. The van der Waals surface area contributed by atoms with E-state index >= 15 is 0 Å². The Balaban J connectivity index is 1.91. The van der Waals surface area contributed by atoms with Crippen molar-refractivity contribution in [3.63, 3.8) is 0 Å². The van der Waals surface area contributed by atoms with E-state index in [0.29, 0.717) is 19.0 Å². The first kappa shape index (κ1) is 14.9. The number of alkyl halides is 3. The predicted molar refractivity (Wildman–Crippen MR) is 68.9 cm³/mol. The molecule has 108 valence electrons. The number of nitrogens with zero attached hydrogens (tertiary/aromatic N) is 1. The van der Waals surface area contributed by atoms with E-state index in [-0.39, 0.29) is 12.1 Å². The van der Waals surface area contributed by atoms with Gasteiger partial charge in [-0.05, 0) is 23.8 Å². The monoisotopic (exact) mass is 304 g/mol. The molecule has 0 bridgehead atoms. The van der Waals surface area contributed by atoms with Crippen LogP contribution in [0.1, 0.15) is 16.8 Å². The lowest BCUT2D eigenvalue weighted by Crippen LogP contribution is -2.17. The first-order chi connectivity index (χ1) is 9.45. The van der Waals surface area contributed by atoms with E-state index in [2.05, 4.69) is 10.3 Å². The van der Waals surface area contributed by atoms with Crippen molar-refractivity contribution in [3.05, 3.63) is 51.7 Å². The van der Waals surface area contributed by atoms with Crippen molar-refractivity contribution in [2.24, 2.45) is 0 Å². The Bertz CT molecular complexity index is 552. The number of benzene rings is 1. The number of halogens is 4. The Kier molecular flexibility index (Phi) is 4.72. The van der Waals surface area contributed by atoms with Crippen LogP contribution in [0, 0.1) is 5.82 Å². The van der Waals surface area contributed by atoms with Crippen molar-refractivity contribution in [1.29, 1.82) is 0 Å². The maximum Gasteiger partial charge on any atom is 0.416 e. The second-order valence-electron chi connectivity index (χ2n) is 4.25. The summed E-state index contributed by atoms with van der Waals surface area (Å²) in [5.41, 5.74) is 1.96. The summed E-state index contributed by atoms with van der Waals surface area (Å²) >= 11 is 1.49. The summed E-state index contributed by atoms with van der Waals surface area (Å²) in [6, 6.07) is 2.56. The molecule has 1 aromatic heterocycles. The highest BCUT2D eigenvalue weighted by molar-refractivity contribution is 7.07. The van der Waals surface area contributed by atoms with Crippen LogP contribution in [0.15, 0.2) is 29.1 Å². The average molecular weight is 304 g/mol. The zero-order chi connectivity index (χ0) is 14.6. The number of thiazole rings is 1. The lowest BCUT2D eigenvalue weighted by atomic mass is 10.1. The SMILES string of the molecule is Fc1cc(CNCCc2cscn2)cc(C(F)(F)F)c1. The zero-order valence-electron chi connectivity index (χ0n) is 10.4. The Morgan fingerprint density at radius 3 is 2.65 bits per heavy atom. The minimum Gasteiger partial charge on any atom is -0.312 e. The van der Waals surface area contributed by atoms with Gasteiger partial charge >= 0.3 is 6.18 Å². The highest BCUT2D eigenvalue weighted by Crippen LogP contribution is 2.30. The molecule has 0 fully saturated rings. The number of rotatable bonds is 5. The first-order valence-electron chi connectivity index (χ1n) is 5.89. The highest BCUT2D eigenvalue weighted by atomic mass is 32.1. The maximum atomic E-state index is 13.2. The van der Waals surface area contributed by atoms with Crippen molar-refractivity contribution in [3.8, 4) is 0 Å². The molecular formula is C13H12F4N2S. The number of nitrogens with one attached hydrogen (secondary N) is 1. The van der Waals surface area contributed by atoms with Gasteiger partial charge < -0.3 is 5.32 Å². The Labute approximate surface area is 117 Å². The van der Waals surface area contributed by atoms with Gasteiger partial charge in [0.05, 0.1) is 16.8 Å². The lowest BCUT2D eigenvalue weighted by molar-refractivity contribution is -0.137. The molecule has 2 rings (SSSR count). The van der Waals surface area contributed by atoms with Gasteiger partial charge in [-0.25, -0.2) is 9.37 Å². The summed E-state index contributed by atoms with van der Waals surface area (Å²) in [6.45, 7) is 0.757. The van der Waals surface area contributed by atoms with Gasteiger partial charge in [-0.2, -0.15) is 13.2 Å². The fourth-order valence-electron chi connectivity index (χ4n) is 1.73. The topological polar surface area (TPSA) is 24.9 Å². The van der Waals surface area contributed by atoms with Crippen molar-refractivity contribution in [2.75, 3.05) is 6.54 Å². The van der Waals surface area contributed by atoms with Crippen LogP contribution in [0.2, 0.25) is 0 Å². The van der Waals surface area contributed by atoms with Crippen LogP contribution in [0.5, 0.6) is 0 Å². The zero-order valence-corrected chi connectivity index (χ0v) is 11.2. The molecule has 0 saturated carbocycles. The van der Waals surface area contributed by atoms with Crippen molar-refractivity contribution < 1.29 is 17.6 Å².